The van der Waals surface area contributed by atoms with E-state index in [0.29, 0.717) is 6.42 Å². The molecule has 1 heterocycles. The van der Waals surface area contributed by atoms with E-state index >= 15 is 0 Å². The first kappa shape index (κ1) is 10.7. The number of nitriles is 1. The number of hydrogen-bond acceptors (Lipinski definition) is 2. The molecule has 0 saturated carbocycles. The van der Waals surface area contributed by atoms with Crippen LogP contribution < -0.4 is 0 Å². The van der Waals surface area contributed by atoms with Crippen LogP contribution in [-0.4, -0.2) is 4.98 Å². The lowest BCUT2D eigenvalue weighted by Gasteiger charge is -2.10. The van der Waals surface area contributed by atoms with Gasteiger partial charge in [0.25, 0.3) is 0 Å². The summed E-state index contributed by atoms with van der Waals surface area (Å²) in [6.07, 6.45) is 3.78. The molecule has 0 bridgehead atoms. The highest BCUT2D eigenvalue weighted by molar-refractivity contribution is 9.10. The minimum Gasteiger partial charge on any atom is -0.253 e. The lowest BCUT2D eigenvalue weighted by atomic mass is 9.99. The summed E-state index contributed by atoms with van der Waals surface area (Å²) >= 11 is 3.49. The molecule has 1 aromatic carbocycles. The molecule has 17 heavy (non-hydrogen) atoms. The van der Waals surface area contributed by atoms with Crippen molar-refractivity contribution in [1.82, 2.24) is 4.98 Å². The molecule has 1 aromatic heterocycles. The van der Waals surface area contributed by atoms with Gasteiger partial charge >= 0.3 is 0 Å². The second-order valence-corrected chi connectivity index (χ2v) is 5.28. The van der Waals surface area contributed by atoms with Gasteiger partial charge < -0.3 is 0 Å². The summed E-state index contributed by atoms with van der Waals surface area (Å²) in [7, 11) is 0. The molecule has 0 spiro atoms. The third-order valence-corrected chi connectivity index (χ3v) is 3.84. The Morgan fingerprint density at radius 1 is 1.35 bits per heavy atom. The van der Waals surface area contributed by atoms with Crippen LogP contribution in [0.15, 0.2) is 22.7 Å². The minimum absolute atomic E-state index is 0.484. The summed E-state index contributed by atoms with van der Waals surface area (Å²) < 4.78 is 1.05. The van der Waals surface area contributed by atoms with Crippen molar-refractivity contribution in [2.24, 2.45) is 0 Å². The Bertz CT molecular complexity index is 641. The van der Waals surface area contributed by atoms with Crippen molar-refractivity contribution < 1.29 is 0 Å². The van der Waals surface area contributed by atoms with Gasteiger partial charge in [0.05, 0.1) is 18.0 Å². The van der Waals surface area contributed by atoms with Gasteiger partial charge in [0.2, 0.25) is 0 Å². The summed E-state index contributed by atoms with van der Waals surface area (Å²) in [4.78, 5) is 4.71. The van der Waals surface area contributed by atoms with E-state index in [9.17, 15) is 0 Å². The number of nitrogens with zero attached hydrogens (tertiary/aromatic N) is 2. The molecule has 0 fully saturated rings. The smallest absolute Gasteiger partial charge is 0.0709 e. The van der Waals surface area contributed by atoms with E-state index < -0.39 is 0 Å². The first-order valence-electron chi connectivity index (χ1n) is 5.76. The van der Waals surface area contributed by atoms with E-state index in [1.165, 1.54) is 16.8 Å². The molecule has 2 aromatic rings. The molecule has 0 radical (unpaired) electrons. The maximum atomic E-state index is 9.00. The van der Waals surface area contributed by atoms with Crippen molar-refractivity contribution in [3.63, 3.8) is 0 Å². The molecule has 3 heteroatoms. The highest BCUT2D eigenvalue weighted by Gasteiger charge is 2.19. The van der Waals surface area contributed by atoms with Gasteiger partial charge in [-0.25, -0.2) is 0 Å². The SMILES string of the molecule is N#CCc1c2c(nc3ccc(Br)cc13)CCC2. The van der Waals surface area contributed by atoms with E-state index in [-0.39, 0.29) is 0 Å². The Hall–Kier alpha value is -1.40. The van der Waals surface area contributed by atoms with Crippen LogP contribution in [-0.2, 0) is 19.3 Å². The molecular weight excluding hydrogens is 276 g/mol. The zero-order valence-electron chi connectivity index (χ0n) is 9.33. The fraction of sp³-hybridized carbons (Fsp3) is 0.286. The number of fused-ring (bicyclic) bond motifs is 2. The van der Waals surface area contributed by atoms with E-state index in [4.69, 9.17) is 10.2 Å². The standard InChI is InChI=1S/C14H11BrN2/c15-9-4-5-14-12(8-9)10(6-7-16)11-2-1-3-13(11)17-14/h4-5,8H,1-3,6H2. The molecule has 3 rings (SSSR count). The van der Waals surface area contributed by atoms with Gasteiger partial charge in [0, 0.05) is 15.6 Å². The van der Waals surface area contributed by atoms with E-state index in [0.717, 1.165) is 34.6 Å². The van der Waals surface area contributed by atoms with E-state index in [2.05, 4.69) is 28.1 Å². The predicted molar refractivity (Wildman–Crippen MR) is 70.8 cm³/mol. The Morgan fingerprint density at radius 3 is 3.06 bits per heavy atom. The van der Waals surface area contributed by atoms with Crippen molar-refractivity contribution >= 4 is 26.8 Å². The Labute approximate surface area is 108 Å². The van der Waals surface area contributed by atoms with E-state index in [1.54, 1.807) is 0 Å². The van der Waals surface area contributed by atoms with Crippen LogP contribution in [0.3, 0.4) is 0 Å². The molecule has 84 valence electrons. The van der Waals surface area contributed by atoms with Crippen LogP contribution >= 0.6 is 15.9 Å². The molecule has 1 aliphatic rings. The molecular formula is C14H11BrN2. The van der Waals surface area contributed by atoms with Crippen LogP contribution in [0, 0.1) is 11.3 Å². The van der Waals surface area contributed by atoms with Gasteiger partial charge in [0.1, 0.15) is 0 Å². The minimum atomic E-state index is 0.484. The lowest BCUT2D eigenvalue weighted by molar-refractivity contribution is 0.899. The second kappa shape index (κ2) is 4.12. The van der Waals surface area contributed by atoms with Crippen molar-refractivity contribution in [2.75, 3.05) is 0 Å². The summed E-state index contributed by atoms with van der Waals surface area (Å²) in [6, 6.07) is 8.39. The monoisotopic (exact) mass is 286 g/mol. The van der Waals surface area contributed by atoms with Gasteiger partial charge in [0.15, 0.2) is 0 Å². The number of pyridine rings is 1. The maximum absolute atomic E-state index is 9.00. The third kappa shape index (κ3) is 1.73. The highest BCUT2D eigenvalue weighted by atomic mass is 79.9. The summed E-state index contributed by atoms with van der Waals surface area (Å²) in [5, 5.41) is 10.1. The van der Waals surface area contributed by atoms with Gasteiger partial charge in [-0.05, 0) is 48.6 Å². The molecule has 0 unspecified atom stereocenters. The number of rotatable bonds is 1. The molecule has 0 atom stereocenters. The zero-order chi connectivity index (χ0) is 11.8. The topological polar surface area (TPSA) is 36.7 Å². The van der Waals surface area contributed by atoms with Crippen molar-refractivity contribution in [3.05, 3.63) is 39.5 Å². The average molecular weight is 287 g/mol. The Morgan fingerprint density at radius 2 is 2.24 bits per heavy atom. The van der Waals surface area contributed by atoms with Gasteiger partial charge in [-0.3, -0.25) is 4.98 Å². The highest BCUT2D eigenvalue weighted by Crippen LogP contribution is 2.31. The van der Waals surface area contributed by atoms with Gasteiger partial charge in [-0.1, -0.05) is 15.9 Å². The molecule has 2 nitrogen and oxygen atoms in total. The molecule has 0 saturated heterocycles. The third-order valence-electron chi connectivity index (χ3n) is 3.35. The quantitative estimate of drug-likeness (QED) is 0.804. The normalized spacial score (nSPS) is 13.6. The summed E-state index contributed by atoms with van der Waals surface area (Å²) in [5.74, 6) is 0. The molecule has 0 N–H and O–H groups in total. The van der Waals surface area contributed by atoms with Crippen LogP contribution in [0.1, 0.15) is 23.2 Å². The predicted octanol–water partition coefficient (Wildman–Crippen LogP) is 3.55. The zero-order valence-corrected chi connectivity index (χ0v) is 10.9. The first-order valence-corrected chi connectivity index (χ1v) is 6.56. The van der Waals surface area contributed by atoms with E-state index in [1.807, 2.05) is 12.1 Å². The first-order chi connectivity index (χ1) is 8.29. The molecule has 0 aliphatic heterocycles. The van der Waals surface area contributed by atoms with Crippen LogP contribution in [0.25, 0.3) is 10.9 Å². The number of aryl methyl sites for hydroxylation is 1. The Kier molecular flexibility index (Phi) is 2.60. The fourth-order valence-corrected chi connectivity index (χ4v) is 2.97. The number of aromatic nitrogens is 1. The number of hydrogen-bond donors (Lipinski definition) is 0. The average Bonchev–Trinajstić information content (AvgIpc) is 2.77. The Balaban J connectivity index is 2.37. The maximum Gasteiger partial charge on any atom is 0.0709 e. The molecule has 1 aliphatic carbocycles. The largest absolute Gasteiger partial charge is 0.253 e. The summed E-state index contributed by atoms with van der Waals surface area (Å²) in [5.41, 5.74) is 4.72. The van der Waals surface area contributed by atoms with Crippen LogP contribution in [0.2, 0.25) is 0 Å². The van der Waals surface area contributed by atoms with Gasteiger partial charge in [-0.15, -0.1) is 0 Å². The fourth-order valence-electron chi connectivity index (χ4n) is 2.61. The number of halogens is 1. The van der Waals surface area contributed by atoms with Gasteiger partial charge in [-0.2, -0.15) is 5.26 Å². The lowest BCUT2D eigenvalue weighted by Crippen LogP contribution is -1.98. The summed E-state index contributed by atoms with van der Waals surface area (Å²) in [6.45, 7) is 0. The van der Waals surface area contributed by atoms with Crippen LogP contribution in [0.5, 0.6) is 0 Å². The van der Waals surface area contributed by atoms with Crippen molar-refractivity contribution in [3.8, 4) is 6.07 Å². The van der Waals surface area contributed by atoms with Crippen molar-refractivity contribution in [1.29, 1.82) is 5.26 Å². The molecule has 0 amide bonds. The van der Waals surface area contributed by atoms with Crippen molar-refractivity contribution in [2.45, 2.75) is 25.7 Å². The second-order valence-electron chi connectivity index (χ2n) is 4.37. The number of benzene rings is 1. The van der Waals surface area contributed by atoms with Crippen LogP contribution in [0.4, 0.5) is 0 Å².